The summed E-state index contributed by atoms with van der Waals surface area (Å²) in [5, 5.41) is 16.8. The van der Waals surface area contributed by atoms with Crippen molar-refractivity contribution < 1.29 is 23.6 Å². The number of amides is 1. The number of hydrogen-bond donors (Lipinski definition) is 3. The lowest BCUT2D eigenvalue weighted by atomic mass is 10.0. The van der Waals surface area contributed by atoms with Crippen molar-refractivity contribution in [2.24, 2.45) is 11.7 Å². The molecule has 3 aromatic carbocycles. The molecule has 1 amide bonds. The molecule has 1 unspecified atom stereocenters. The lowest BCUT2D eigenvalue weighted by Crippen LogP contribution is -2.38. The topological polar surface area (TPSA) is 134 Å². The van der Waals surface area contributed by atoms with Crippen LogP contribution in [0.25, 0.3) is 0 Å². The average molecular weight is 534 g/mol. The number of nitrogen functional groups attached to an aromatic ring is 1. The number of hydrogen-bond acceptors (Lipinski definition) is 5. The maximum Gasteiger partial charge on any atom is 0.304 e. The number of benzene rings is 3. The molecule has 198 valence electrons. The molecular formula is C29H31N3O5S. The van der Waals surface area contributed by atoms with Crippen LogP contribution in [0.5, 0.6) is 5.75 Å². The molecule has 1 saturated heterocycles. The lowest BCUT2D eigenvalue weighted by molar-refractivity contribution is -0.142. The molecule has 3 atom stereocenters. The molecule has 1 aliphatic rings. The molecule has 0 bridgehead atoms. The highest BCUT2D eigenvalue weighted by Gasteiger charge is 2.40. The maximum atomic E-state index is 13.0. The van der Waals surface area contributed by atoms with Crippen molar-refractivity contribution in [3.8, 4) is 5.75 Å². The van der Waals surface area contributed by atoms with E-state index in [2.05, 4.69) is 12.1 Å². The van der Waals surface area contributed by atoms with Crippen molar-refractivity contribution in [1.29, 1.82) is 5.41 Å². The Morgan fingerprint density at radius 1 is 1.05 bits per heavy atom. The second kappa shape index (κ2) is 12.5. The van der Waals surface area contributed by atoms with Crippen molar-refractivity contribution in [3.05, 3.63) is 90.0 Å². The second-order valence-corrected chi connectivity index (χ2v) is 10.8. The number of nitrogens with zero attached hydrogens (tertiary/aromatic N) is 1. The number of nitrogens with two attached hydrogens (primary N) is 1. The number of carbonyl (C=O) groups excluding carboxylic acids is 1. The first-order valence-corrected chi connectivity index (χ1v) is 13.6. The van der Waals surface area contributed by atoms with E-state index in [4.69, 9.17) is 15.9 Å². The van der Waals surface area contributed by atoms with Gasteiger partial charge in [0.05, 0.1) is 29.2 Å². The smallest absolute Gasteiger partial charge is 0.304 e. The minimum atomic E-state index is -1.44. The van der Waals surface area contributed by atoms with Crippen LogP contribution in [0.15, 0.2) is 88.7 Å². The number of likely N-dealkylation sites (tertiary alicyclic amines) is 1. The SMILES string of the molecule is N=C(N)c1cccc(S(=O)c2ccc(OC[C@@H]3C[C@@H](CC(=O)O)C(=O)N3CCCc3ccccc3)cc2)c1. The number of nitrogens with one attached hydrogen (secondary N) is 1. The summed E-state index contributed by atoms with van der Waals surface area (Å²) in [6, 6.07) is 23.5. The zero-order chi connectivity index (χ0) is 27.1. The monoisotopic (exact) mass is 533 g/mol. The fourth-order valence-electron chi connectivity index (χ4n) is 4.67. The van der Waals surface area contributed by atoms with Crippen molar-refractivity contribution in [2.75, 3.05) is 13.2 Å². The number of aryl methyl sites for hydroxylation is 1. The van der Waals surface area contributed by atoms with Crippen LogP contribution < -0.4 is 10.5 Å². The van der Waals surface area contributed by atoms with Crippen LogP contribution in [0, 0.1) is 11.3 Å². The summed E-state index contributed by atoms with van der Waals surface area (Å²) in [5.41, 5.74) is 7.25. The third kappa shape index (κ3) is 6.86. The number of carboxylic acids is 1. The van der Waals surface area contributed by atoms with Gasteiger partial charge in [-0.1, -0.05) is 42.5 Å². The quantitative estimate of drug-likeness (QED) is 0.239. The van der Waals surface area contributed by atoms with Crippen LogP contribution in [0.1, 0.15) is 30.4 Å². The van der Waals surface area contributed by atoms with Gasteiger partial charge in [0.15, 0.2) is 0 Å². The van der Waals surface area contributed by atoms with Crippen LogP contribution in [-0.2, 0) is 26.8 Å². The summed E-state index contributed by atoms with van der Waals surface area (Å²) in [7, 11) is -1.44. The molecule has 38 heavy (non-hydrogen) atoms. The number of ether oxygens (including phenoxy) is 1. The third-order valence-corrected chi connectivity index (χ3v) is 7.98. The van der Waals surface area contributed by atoms with Gasteiger partial charge in [-0.25, -0.2) is 4.21 Å². The first-order chi connectivity index (χ1) is 18.3. The first-order valence-electron chi connectivity index (χ1n) is 12.5. The predicted octanol–water partition coefficient (Wildman–Crippen LogP) is 3.84. The van der Waals surface area contributed by atoms with Crippen LogP contribution in [0.3, 0.4) is 0 Å². The Bertz CT molecular complexity index is 1310. The van der Waals surface area contributed by atoms with Crippen LogP contribution >= 0.6 is 0 Å². The van der Waals surface area contributed by atoms with E-state index >= 15 is 0 Å². The molecule has 0 aromatic heterocycles. The van der Waals surface area contributed by atoms with Gasteiger partial charge in [0, 0.05) is 21.9 Å². The molecular weight excluding hydrogens is 502 g/mol. The van der Waals surface area contributed by atoms with E-state index in [1.807, 2.05) is 18.2 Å². The standard InChI is InChI=1S/C29H31N3O5S/c30-28(31)21-9-4-10-26(17-21)38(36)25-13-11-24(12-14-25)37-19-23-16-22(18-27(33)34)29(35)32(23)15-5-8-20-6-2-1-3-7-20/h1-4,6-7,9-14,17,22-23H,5,8,15-16,18-19H2,(H3,30,31)(H,33,34)/t22-,23-,38?/m0/s1. The van der Waals surface area contributed by atoms with Crippen molar-refractivity contribution in [2.45, 2.75) is 41.5 Å². The Hall–Kier alpha value is -3.98. The normalized spacial score (nSPS) is 17.8. The second-order valence-electron chi connectivity index (χ2n) is 9.30. The van der Waals surface area contributed by atoms with Crippen molar-refractivity contribution in [1.82, 2.24) is 4.90 Å². The Balaban J connectivity index is 1.38. The zero-order valence-electron chi connectivity index (χ0n) is 20.9. The molecule has 1 aliphatic heterocycles. The Morgan fingerprint density at radius 3 is 2.47 bits per heavy atom. The molecule has 4 N–H and O–H groups in total. The molecule has 4 rings (SSSR count). The van der Waals surface area contributed by atoms with Crippen LogP contribution in [-0.4, -0.2) is 51.1 Å². The van der Waals surface area contributed by atoms with E-state index in [9.17, 15) is 18.9 Å². The van der Waals surface area contributed by atoms with E-state index in [1.165, 1.54) is 5.56 Å². The van der Waals surface area contributed by atoms with Gasteiger partial charge < -0.3 is 20.5 Å². The van der Waals surface area contributed by atoms with Crippen LogP contribution in [0.4, 0.5) is 0 Å². The highest BCUT2D eigenvalue weighted by atomic mass is 32.2. The lowest BCUT2D eigenvalue weighted by Gasteiger charge is -2.25. The van der Waals surface area contributed by atoms with Gasteiger partial charge in [0.1, 0.15) is 18.2 Å². The highest BCUT2D eigenvalue weighted by molar-refractivity contribution is 7.85. The average Bonchev–Trinajstić information content (AvgIpc) is 3.21. The van der Waals surface area contributed by atoms with Crippen molar-refractivity contribution in [3.63, 3.8) is 0 Å². The van der Waals surface area contributed by atoms with Gasteiger partial charge in [-0.05, 0) is 61.2 Å². The Labute approximate surface area is 224 Å². The molecule has 8 nitrogen and oxygen atoms in total. The number of amidine groups is 1. The minimum absolute atomic E-state index is 0.0855. The van der Waals surface area contributed by atoms with E-state index in [1.54, 1.807) is 53.4 Å². The van der Waals surface area contributed by atoms with E-state index < -0.39 is 22.7 Å². The number of rotatable bonds is 12. The molecule has 1 fully saturated rings. The number of carboxylic acid groups (broad SMARTS) is 1. The zero-order valence-corrected chi connectivity index (χ0v) is 21.7. The molecule has 1 heterocycles. The van der Waals surface area contributed by atoms with Crippen LogP contribution in [0.2, 0.25) is 0 Å². The van der Waals surface area contributed by atoms with E-state index in [0.29, 0.717) is 34.1 Å². The molecule has 0 aliphatic carbocycles. The predicted molar refractivity (Wildman–Crippen MR) is 145 cm³/mol. The summed E-state index contributed by atoms with van der Waals surface area (Å²) in [6.45, 7) is 0.783. The largest absolute Gasteiger partial charge is 0.491 e. The Morgan fingerprint density at radius 2 is 1.79 bits per heavy atom. The summed E-state index contributed by atoms with van der Waals surface area (Å²) in [6.07, 6.45) is 1.86. The van der Waals surface area contributed by atoms with Gasteiger partial charge >= 0.3 is 5.97 Å². The minimum Gasteiger partial charge on any atom is -0.491 e. The molecule has 3 aromatic rings. The summed E-state index contributed by atoms with van der Waals surface area (Å²) in [5.74, 6) is -1.17. The summed E-state index contributed by atoms with van der Waals surface area (Å²) >= 11 is 0. The van der Waals surface area contributed by atoms with E-state index in [-0.39, 0.29) is 30.8 Å². The van der Waals surface area contributed by atoms with Gasteiger partial charge in [-0.3, -0.25) is 15.0 Å². The van der Waals surface area contributed by atoms with Crippen molar-refractivity contribution >= 4 is 28.5 Å². The Kier molecular flexibility index (Phi) is 8.91. The molecule has 0 radical (unpaired) electrons. The summed E-state index contributed by atoms with van der Waals surface area (Å²) < 4.78 is 19.0. The van der Waals surface area contributed by atoms with E-state index in [0.717, 1.165) is 12.8 Å². The first kappa shape index (κ1) is 27.1. The van der Waals surface area contributed by atoms with Gasteiger partial charge in [-0.15, -0.1) is 0 Å². The van der Waals surface area contributed by atoms with Gasteiger partial charge in [0.25, 0.3) is 0 Å². The fourth-order valence-corrected chi connectivity index (χ4v) is 5.76. The number of aliphatic carboxylic acids is 1. The third-order valence-electron chi connectivity index (χ3n) is 6.60. The summed E-state index contributed by atoms with van der Waals surface area (Å²) in [4.78, 5) is 27.2. The molecule has 9 heteroatoms. The molecule has 0 saturated carbocycles. The fraction of sp³-hybridized carbons (Fsp3) is 0.276. The maximum absolute atomic E-state index is 13.0. The number of carbonyl (C=O) groups is 2. The van der Waals surface area contributed by atoms with Gasteiger partial charge in [0.2, 0.25) is 5.91 Å². The highest BCUT2D eigenvalue weighted by Crippen LogP contribution is 2.29. The van der Waals surface area contributed by atoms with Gasteiger partial charge in [-0.2, -0.15) is 0 Å². The molecule has 0 spiro atoms.